The van der Waals surface area contributed by atoms with Crippen LogP contribution in [0.2, 0.25) is 0 Å². The standard InChI is InChI=1S/C15H21NO3/c1-10-6-11(2)8-13(7-10)4-5-14(17)16-9-12(3)15(18)19/h6-8,12H,4-5,9H2,1-3H3,(H,16,17)(H,18,19). The van der Waals surface area contributed by atoms with Crippen molar-refractivity contribution < 1.29 is 14.7 Å². The SMILES string of the molecule is Cc1cc(C)cc(CCC(=O)NCC(C)C(=O)O)c1. The largest absolute Gasteiger partial charge is 0.481 e. The van der Waals surface area contributed by atoms with E-state index in [1.165, 1.54) is 11.1 Å². The summed E-state index contributed by atoms with van der Waals surface area (Å²) in [5, 5.41) is 11.4. The number of carbonyl (C=O) groups excluding carboxylic acids is 1. The van der Waals surface area contributed by atoms with E-state index in [1.807, 2.05) is 13.8 Å². The minimum atomic E-state index is -0.894. The predicted molar refractivity (Wildman–Crippen MR) is 74.0 cm³/mol. The van der Waals surface area contributed by atoms with Gasteiger partial charge in [-0.2, -0.15) is 0 Å². The summed E-state index contributed by atoms with van der Waals surface area (Å²) in [6, 6.07) is 6.23. The molecule has 2 N–H and O–H groups in total. The third-order valence-electron chi connectivity index (χ3n) is 2.95. The average Bonchev–Trinajstić information content (AvgIpc) is 2.32. The van der Waals surface area contributed by atoms with Crippen molar-refractivity contribution in [3.63, 3.8) is 0 Å². The smallest absolute Gasteiger partial charge is 0.308 e. The van der Waals surface area contributed by atoms with Gasteiger partial charge in [0.25, 0.3) is 0 Å². The topological polar surface area (TPSA) is 66.4 Å². The lowest BCUT2D eigenvalue weighted by atomic mass is 10.0. The van der Waals surface area contributed by atoms with Crippen molar-refractivity contribution >= 4 is 11.9 Å². The maximum atomic E-state index is 11.6. The second-order valence-electron chi connectivity index (χ2n) is 5.04. The Hall–Kier alpha value is -1.84. The molecule has 0 aliphatic rings. The van der Waals surface area contributed by atoms with E-state index in [9.17, 15) is 9.59 Å². The molecule has 0 fully saturated rings. The van der Waals surface area contributed by atoms with Crippen molar-refractivity contribution in [3.05, 3.63) is 34.9 Å². The summed E-state index contributed by atoms with van der Waals surface area (Å²) in [4.78, 5) is 22.2. The molecule has 1 rings (SSSR count). The lowest BCUT2D eigenvalue weighted by Gasteiger charge is -2.09. The Balaban J connectivity index is 2.39. The lowest BCUT2D eigenvalue weighted by Crippen LogP contribution is -2.31. The Morgan fingerprint density at radius 1 is 1.21 bits per heavy atom. The molecule has 1 amide bonds. The predicted octanol–water partition coefficient (Wildman–Crippen LogP) is 2.07. The number of benzene rings is 1. The molecule has 0 bridgehead atoms. The normalized spacial score (nSPS) is 11.9. The summed E-state index contributed by atoms with van der Waals surface area (Å²) < 4.78 is 0. The first-order valence-electron chi connectivity index (χ1n) is 6.45. The second kappa shape index (κ2) is 6.92. The molecule has 1 aromatic carbocycles. The zero-order chi connectivity index (χ0) is 14.4. The Morgan fingerprint density at radius 3 is 2.32 bits per heavy atom. The van der Waals surface area contributed by atoms with Crippen molar-refractivity contribution in [2.45, 2.75) is 33.6 Å². The summed E-state index contributed by atoms with van der Waals surface area (Å²) in [7, 11) is 0. The van der Waals surface area contributed by atoms with Crippen molar-refractivity contribution in [1.29, 1.82) is 0 Å². The molecule has 1 aromatic rings. The van der Waals surface area contributed by atoms with Gasteiger partial charge in [-0.3, -0.25) is 9.59 Å². The van der Waals surface area contributed by atoms with E-state index >= 15 is 0 Å². The molecule has 104 valence electrons. The van der Waals surface area contributed by atoms with Crippen LogP contribution in [0, 0.1) is 19.8 Å². The lowest BCUT2D eigenvalue weighted by molar-refractivity contribution is -0.141. The monoisotopic (exact) mass is 263 g/mol. The number of nitrogens with one attached hydrogen (secondary N) is 1. The van der Waals surface area contributed by atoms with Crippen molar-refractivity contribution in [2.24, 2.45) is 5.92 Å². The molecule has 0 spiro atoms. The van der Waals surface area contributed by atoms with Crippen LogP contribution < -0.4 is 5.32 Å². The van der Waals surface area contributed by atoms with Gasteiger partial charge in [0.2, 0.25) is 5.91 Å². The Bertz CT molecular complexity index is 448. The van der Waals surface area contributed by atoms with Gasteiger partial charge in [0.05, 0.1) is 5.92 Å². The third kappa shape index (κ3) is 5.55. The van der Waals surface area contributed by atoms with Crippen molar-refractivity contribution in [1.82, 2.24) is 5.32 Å². The molecule has 0 radical (unpaired) electrons. The van der Waals surface area contributed by atoms with Gasteiger partial charge in [-0.1, -0.05) is 36.2 Å². The number of aliphatic carboxylic acids is 1. The zero-order valence-corrected chi connectivity index (χ0v) is 11.7. The van der Waals surface area contributed by atoms with Crippen molar-refractivity contribution in [3.8, 4) is 0 Å². The van der Waals surface area contributed by atoms with Gasteiger partial charge in [0, 0.05) is 13.0 Å². The first-order valence-corrected chi connectivity index (χ1v) is 6.45. The highest BCUT2D eigenvalue weighted by Gasteiger charge is 2.12. The Labute approximate surface area is 113 Å². The van der Waals surface area contributed by atoms with E-state index in [-0.39, 0.29) is 12.5 Å². The van der Waals surface area contributed by atoms with Crippen LogP contribution in [-0.2, 0) is 16.0 Å². The van der Waals surface area contributed by atoms with Gasteiger partial charge in [0.15, 0.2) is 0 Å². The number of hydrogen-bond acceptors (Lipinski definition) is 2. The summed E-state index contributed by atoms with van der Waals surface area (Å²) in [5.41, 5.74) is 3.52. The van der Waals surface area contributed by atoms with Gasteiger partial charge in [-0.15, -0.1) is 0 Å². The summed E-state index contributed by atoms with van der Waals surface area (Å²) >= 11 is 0. The van der Waals surface area contributed by atoms with Crippen LogP contribution in [-0.4, -0.2) is 23.5 Å². The van der Waals surface area contributed by atoms with E-state index < -0.39 is 11.9 Å². The van der Waals surface area contributed by atoms with E-state index in [0.717, 1.165) is 5.56 Å². The van der Waals surface area contributed by atoms with E-state index in [2.05, 4.69) is 23.5 Å². The molecule has 0 saturated carbocycles. The van der Waals surface area contributed by atoms with Crippen LogP contribution in [0.15, 0.2) is 18.2 Å². The highest BCUT2D eigenvalue weighted by atomic mass is 16.4. The highest BCUT2D eigenvalue weighted by Crippen LogP contribution is 2.10. The minimum absolute atomic E-state index is 0.104. The van der Waals surface area contributed by atoms with Crippen LogP contribution in [0.1, 0.15) is 30.0 Å². The van der Waals surface area contributed by atoms with Crippen LogP contribution >= 0.6 is 0 Å². The minimum Gasteiger partial charge on any atom is -0.481 e. The molecular weight excluding hydrogens is 242 g/mol. The molecule has 0 saturated heterocycles. The third-order valence-corrected chi connectivity index (χ3v) is 2.95. The number of carboxylic acid groups (broad SMARTS) is 1. The summed E-state index contributed by atoms with van der Waals surface area (Å²) in [6.45, 7) is 5.82. The fourth-order valence-electron chi connectivity index (χ4n) is 1.91. The number of hydrogen-bond donors (Lipinski definition) is 2. The first-order chi connectivity index (χ1) is 8.88. The molecular formula is C15H21NO3. The maximum absolute atomic E-state index is 11.6. The number of carboxylic acids is 1. The van der Waals surface area contributed by atoms with Crippen LogP contribution in [0.3, 0.4) is 0 Å². The van der Waals surface area contributed by atoms with Gasteiger partial charge >= 0.3 is 5.97 Å². The molecule has 1 unspecified atom stereocenters. The highest BCUT2D eigenvalue weighted by molar-refractivity contribution is 5.77. The van der Waals surface area contributed by atoms with Gasteiger partial charge < -0.3 is 10.4 Å². The molecule has 19 heavy (non-hydrogen) atoms. The number of aryl methyl sites for hydroxylation is 3. The fourth-order valence-corrected chi connectivity index (χ4v) is 1.91. The summed E-state index contributed by atoms with van der Waals surface area (Å²) in [5.74, 6) is -1.55. The fraction of sp³-hybridized carbons (Fsp3) is 0.467. The van der Waals surface area contributed by atoms with Crippen LogP contribution in [0.5, 0.6) is 0 Å². The van der Waals surface area contributed by atoms with E-state index in [1.54, 1.807) is 6.92 Å². The zero-order valence-electron chi connectivity index (χ0n) is 11.7. The van der Waals surface area contributed by atoms with Gasteiger partial charge in [-0.25, -0.2) is 0 Å². The quantitative estimate of drug-likeness (QED) is 0.825. The van der Waals surface area contributed by atoms with E-state index in [0.29, 0.717) is 12.8 Å². The van der Waals surface area contributed by atoms with Gasteiger partial charge in [-0.05, 0) is 25.8 Å². The molecule has 0 aromatic heterocycles. The molecule has 0 aliphatic carbocycles. The average molecular weight is 263 g/mol. The maximum Gasteiger partial charge on any atom is 0.308 e. The number of amides is 1. The summed E-state index contributed by atoms with van der Waals surface area (Å²) in [6.07, 6.45) is 1.06. The van der Waals surface area contributed by atoms with Crippen molar-refractivity contribution in [2.75, 3.05) is 6.54 Å². The second-order valence-corrected chi connectivity index (χ2v) is 5.04. The number of rotatable bonds is 6. The van der Waals surface area contributed by atoms with Crippen LogP contribution in [0.25, 0.3) is 0 Å². The number of carbonyl (C=O) groups is 2. The molecule has 0 heterocycles. The molecule has 4 nitrogen and oxygen atoms in total. The molecule has 4 heteroatoms. The molecule has 0 aliphatic heterocycles. The van der Waals surface area contributed by atoms with Gasteiger partial charge in [0.1, 0.15) is 0 Å². The van der Waals surface area contributed by atoms with E-state index in [4.69, 9.17) is 5.11 Å². The Morgan fingerprint density at radius 2 is 1.79 bits per heavy atom. The first kappa shape index (κ1) is 15.2. The Kier molecular flexibility index (Phi) is 5.55. The van der Waals surface area contributed by atoms with Crippen LogP contribution in [0.4, 0.5) is 0 Å². The molecule has 1 atom stereocenters.